The Kier molecular flexibility index (Phi) is 7.72. The maximum atomic E-state index is 11.5. The van der Waals surface area contributed by atoms with Gasteiger partial charge in [-0.2, -0.15) is 0 Å². The number of carbonyl (C=O) groups excluding carboxylic acids is 1. The number of halogens is 1. The Labute approximate surface area is 171 Å². The van der Waals surface area contributed by atoms with Gasteiger partial charge in [0.2, 0.25) is 22.4 Å². The van der Waals surface area contributed by atoms with E-state index in [0.717, 1.165) is 0 Å². The lowest BCUT2D eigenvalue weighted by atomic mass is 10.1. The molecule has 1 aromatic carbocycles. The van der Waals surface area contributed by atoms with Crippen molar-refractivity contribution in [2.75, 3.05) is 20.8 Å². The van der Waals surface area contributed by atoms with Crippen LogP contribution in [0.25, 0.3) is 11.3 Å². The molecule has 154 valence electrons. The number of esters is 1. The summed E-state index contributed by atoms with van der Waals surface area (Å²) < 4.78 is 45.0. The van der Waals surface area contributed by atoms with Crippen molar-refractivity contribution >= 4 is 32.8 Å². The highest BCUT2D eigenvalue weighted by Gasteiger charge is 2.29. The minimum absolute atomic E-state index is 0.0225. The maximum Gasteiger partial charge on any atom is 0.308 e. The van der Waals surface area contributed by atoms with Gasteiger partial charge in [-0.25, -0.2) is 13.1 Å². The van der Waals surface area contributed by atoms with Gasteiger partial charge in [0.1, 0.15) is 11.5 Å². The van der Waals surface area contributed by atoms with E-state index < -0.39 is 21.7 Å². The predicted octanol–water partition coefficient (Wildman–Crippen LogP) is 2.54. The summed E-state index contributed by atoms with van der Waals surface area (Å²) in [5.41, 5.74) is 0.388. The van der Waals surface area contributed by atoms with Crippen LogP contribution in [0, 0.1) is 0 Å². The smallest absolute Gasteiger partial charge is 0.308 e. The third-order valence-corrected chi connectivity index (χ3v) is 5.04. The number of hydrogen-bond acceptors (Lipinski definition) is 8. The van der Waals surface area contributed by atoms with Crippen LogP contribution in [-0.2, 0) is 15.7 Å². The topological polar surface area (TPSA) is 124 Å². The molecular weight excluding hydrogens is 458 g/mol. The van der Waals surface area contributed by atoms with Crippen molar-refractivity contribution in [3.63, 3.8) is 0 Å². The zero-order valence-corrected chi connectivity index (χ0v) is 17.8. The minimum Gasteiger partial charge on any atom is -0.502 e. The summed E-state index contributed by atoms with van der Waals surface area (Å²) in [6, 6.07) is 4.92. The van der Waals surface area contributed by atoms with Crippen molar-refractivity contribution in [2.24, 2.45) is 0 Å². The van der Waals surface area contributed by atoms with Gasteiger partial charge in [0, 0.05) is 13.5 Å². The van der Waals surface area contributed by atoms with E-state index in [4.69, 9.17) is 18.6 Å². The fraction of sp³-hybridized carbons (Fsp3) is 0.353. The molecule has 0 aliphatic heterocycles. The number of alkyl halides is 1. The number of rotatable bonds is 9. The third-order valence-electron chi connectivity index (χ3n) is 3.69. The molecule has 0 spiro atoms. The summed E-state index contributed by atoms with van der Waals surface area (Å²) in [4.78, 5) is 10.9. The Morgan fingerprint density at radius 1 is 1.32 bits per heavy atom. The molecule has 2 rings (SSSR count). The number of nitrogens with one attached hydrogen (secondary N) is 1. The van der Waals surface area contributed by atoms with Crippen LogP contribution in [-0.4, -0.2) is 40.3 Å². The van der Waals surface area contributed by atoms with Crippen molar-refractivity contribution in [3.05, 3.63) is 24.0 Å². The molecule has 28 heavy (non-hydrogen) atoms. The lowest BCUT2D eigenvalue weighted by Crippen LogP contribution is -2.14. The molecule has 2 aromatic rings. The normalized spacial score (nSPS) is 12.0. The first kappa shape index (κ1) is 22.1. The molecule has 0 aliphatic carbocycles. The number of thiol groups is 1. The van der Waals surface area contributed by atoms with Gasteiger partial charge in [0.05, 0.1) is 24.6 Å². The molecule has 11 heteroatoms. The van der Waals surface area contributed by atoms with Gasteiger partial charge in [0.25, 0.3) is 0 Å². The van der Waals surface area contributed by atoms with Gasteiger partial charge in [-0.3, -0.25) is 4.79 Å². The number of benzene rings is 1. The minimum atomic E-state index is -2.74. The summed E-state index contributed by atoms with van der Waals surface area (Å²) in [5.74, 6) is -0.125. The Morgan fingerprint density at radius 2 is 2.04 bits per heavy atom. The monoisotopic (exact) mass is 477 g/mol. The number of carbonyl (C=O) groups is 1. The summed E-state index contributed by atoms with van der Waals surface area (Å²) >= 11 is 3.37. The van der Waals surface area contributed by atoms with Crippen LogP contribution in [0.3, 0.4) is 0 Å². The van der Waals surface area contributed by atoms with Crippen molar-refractivity contribution in [3.8, 4) is 34.3 Å². The first-order valence-corrected chi connectivity index (χ1v) is 10.2. The maximum absolute atomic E-state index is 11.5. The average molecular weight is 478 g/mol. The van der Waals surface area contributed by atoms with Gasteiger partial charge < -0.3 is 23.7 Å². The Hall–Kier alpha value is -2.24. The number of aromatic hydroxyl groups is 1. The largest absolute Gasteiger partial charge is 0.502 e. The number of hydrogen-bond donors (Lipinski definition) is 3. The van der Waals surface area contributed by atoms with Crippen LogP contribution in [0.5, 0.6) is 23.0 Å². The van der Waals surface area contributed by atoms with Gasteiger partial charge in [-0.15, -0.1) is 0 Å². The second kappa shape index (κ2) is 9.80. The average Bonchev–Trinajstić information content (AvgIpc) is 2.96. The molecule has 2 N–H and O–H groups in total. The highest BCUT2D eigenvalue weighted by Crippen LogP contribution is 2.50. The van der Waals surface area contributed by atoms with Crippen molar-refractivity contribution in [1.82, 2.24) is 4.72 Å². The van der Waals surface area contributed by atoms with Gasteiger partial charge >= 0.3 is 5.97 Å². The van der Waals surface area contributed by atoms with E-state index in [2.05, 4.69) is 20.7 Å². The molecule has 1 aromatic heterocycles. The molecule has 0 aliphatic rings. The van der Waals surface area contributed by atoms with E-state index in [-0.39, 0.29) is 36.0 Å². The lowest BCUT2D eigenvalue weighted by Gasteiger charge is -2.09. The van der Waals surface area contributed by atoms with E-state index >= 15 is 0 Å². The molecule has 0 saturated heterocycles. The van der Waals surface area contributed by atoms with Crippen molar-refractivity contribution in [2.45, 2.75) is 18.2 Å². The van der Waals surface area contributed by atoms with E-state index in [0.29, 0.717) is 17.1 Å². The second-order valence-corrected chi connectivity index (χ2v) is 7.49. The standard InChI is InChI=1S/C17H20BrNO8S/c1-9(20)26-17-14(21)15(11-8-10(24-2)4-5-13(11)25-3)27-16(17)12(18)6-7-19-28(22)23/h4-5,8,12,21,28H,6-7H2,1-3H3,(H,19,22,23). The summed E-state index contributed by atoms with van der Waals surface area (Å²) in [7, 11) is 0.215. The van der Waals surface area contributed by atoms with Crippen molar-refractivity contribution in [1.29, 1.82) is 0 Å². The third kappa shape index (κ3) is 5.18. The first-order chi connectivity index (χ1) is 13.3. The molecule has 1 unspecified atom stereocenters. The SMILES string of the molecule is COc1ccc(OC)c(-c2oc(C(Br)CCN[SH](=O)=O)c(OC(C)=O)c2O)c1. The van der Waals surface area contributed by atoms with Crippen LogP contribution in [0.15, 0.2) is 22.6 Å². The van der Waals surface area contributed by atoms with Crippen LogP contribution in [0.1, 0.15) is 23.9 Å². The fourth-order valence-electron chi connectivity index (χ4n) is 2.46. The summed E-state index contributed by atoms with van der Waals surface area (Å²) in [6.07, 6.45) is 0.277. The van der Waals surface area contributed by atoms with E-state index in [1.165, 1.54) is 21.1 Å². The van der Waals surface area contributed by atoms with E-state index in [1.54, 1.807) is 18.2 Å². The highest BCUT2D eigenvalue weighted by atomic mass is 79.9. The highest BCUT2D eigenvalue weighted by molar-refractivity contribution is 9.09. The quantitative estimate of drug-likeness (QED) is 0.286. The molecule has 0 fully saturated rings. The van der Waals surface area contributed by atoms with Gasteiger partial charge in [-0.05, 0) is 24.6 Å². The van der Waals surface area contributed by atoms with Gasteiger partial charge in [0.15, 0.2) is 11.5 Å². The van der Waals surface area contributed by atoms with Crippen LogP contribution >= 0.6 is 15.9 Å². The predicted molar refractivity (Wildman–Crippen MR) is 105 cm³/mol. The molecule has 0 bridgehead atoms. The van der Waals surface area contributed by atoms with Crippen LogP contribution in [0.2, 0.25) is 0 Å². The molecule has 1 heterocycles. The fourth-order valence-corrected chi connectivity index (χ4v) is 3.30. The number of furan rings is 1. The van der Waals surface area contributed by atoms with Crippen LogP contribution < -0.4 is 18.9 Å². The van der Waals surface area contributed by atoms with Crippen molar-refractivity contribution < 1.29 is 36.9 Å². The second-order valence-electron chi connectivity index (χ2n) is 5.55. The number of ether oxygens (including phenoxy) is 3. The van der Waals surface area contributed by atoms with E-state index in [1.807, 2.05) is 0 Å². The molecule has 9 nitrogen and oxygen atoms in total. The Bertz CT molecular complexity index is 916. The molecule has 1 atom stereocenters. The zero-order chi connectivity index (χ0) is 20.8. The Balaban J connectivity index is 2.52. The van der Waals surface area contributed by atoms with E-state index in [9.17, 15) is 18.3 Å². The molecular formula is C17H20BrNO8S. The summed E-state index contributed by atoms with van der Waals surface area (Å²) in [6.45, 7) is 1.31. The number of methoxy groups -OCH3 is 2. The molecule has 0 radical (unpaired) electrons. The lowest BCUT2D eigenvalue weighted by molar-refractivity contribution is -0.132. The summed E-state index contributed by atoms with van der Waals surface area (Å²) in [5, 5.41) is 10.7. The van der Waals surface area contributed by atoms with Gasteiger partial charge in [-0.1, -0.05) is 15.9 Å². The Morgan fingerprint density at radius 3 is 2.61 bits per heavy atom. The molecule has 0 saturated carbocycles. The first-order valence-electron chi connectivity index (χ1n) is 8.06. The zero-order valence-electron chi connectivity index (χ0n) is 15.4. The van der Waals surface area contributed by atoms with Crippen LogP contribution in [0.4, 0.5) is 0 Å². The molecule has 0 amide bonds.